The lowest BCUT2D eigenvalue weighted by Gasteiger charge is -2.22. The van der Waals surface area contributed by atoms with E-state index in [0.29, 0.717) is 6.04 Å². The summed E-state index contributed by atoms with van der Waals surface area (Å²) in [5.41, 5.74) is 3.23. The van der Waals surface area contributed by atoms with E-state index in [2.05, 4.69) is 21.5 Å². The molecule has 1 aliphatic carbocycles. The molecule has 0 spiro atoms. The maximum absolute atomic E-state index is 5.49. The molecule has 2 heterocycles. The van der Waals surface area contributed by atoms with Gasteiger partial charge in [-0.05, 0) is 18.9 Å². The molecule has 0 saturated heterocycles. The van der Waals surface area contributed by atoms with Crippen molar-refractivity contribution in [2.24, 2.45) is 7.05 Å². The highest BCUT2D eigenvalue weighted by Crippen LogP contribution is 2.39. The van der Waals surface area contributed by atoms with Gasteiger partial charge in [0, 0.05) is 41.7 Å². The molecule has 6 heteroatoms. The summed E-state index contributed by atoms with van der Waals surface area (Å²) in [6, 6.07) is 4.63. The van der Waals surface area contributed by atoms with Gasteiger partial charge >= 0.3 is 0 Å². The van der Waals surface area contributed by atoms with Crippen LogP contribution in [0.5, 0.6) is 11.5 Å². The predicted octanol–water partition coefficient (Wildman–Crippen LogP) is 5.06. The van der Waals surface area contributed by atoms with Crippen molar-refractivity contribution < 1.29 is 9.47 Å². The van der Waals surface area contributed by atoms with Gasteiger partial charge in [0.1, 0.15) is 0 Å². The molecule has 5 nitrogen and oxygen atoms in total. The van der Waals surface area contributed by atoms with E-state index in [0.717, 1.165) is 38.8 Å². The van der Waals surface area contributed by atoms with Crippen LogP contribution >= 0.6 is 11.3 Å². The van der Waals surface area contributed by atoms with E-state index in [1.54, 1.807) is 25.6 Å². The Bertz CT molecular complexity index is 909. The minimum absolute atomic E-state index is 0.569. The fourth-order valence-electron chi connectivity index (χ4n) is 3.80. The number of nitrogens with one attached hydrogen (secondary N) is 1. The molecular formula is C20H25N3O2S. The lowest BCUT2D eigenvalue weighted by atomic mass is 9.96. The van der Waals surface area contributed by atoms with Gasteiger partial charge in [0.25, 0.3) is 0 Å². The van der Waals surface area contributed by atoms with Crippen LogP contribution in [-0.2, 0) is 7.05 Å². The van der Waals surface area contributed by atoms with Crippen LogP contribution in [0.3, 0.4) is 0 Å². The van der Waals surface area contributed by atoms with Crippen molar-refractivity contribution in [1.29, 1.82) is 0 Å². The largest absolute Gasteiger partial charge is 0.493 e. The third-order valence-corrected chi connectivity index (χ3v) is 5.98. The average Bonchev–Trinajstić information content (AvgIpc) is 3.25. The molecule has 1 saturated carbocycles. The summed E-state index contributed by atoms with van der Waals surface area (Å²) in [5.74, 6) is 1.48. The Balaban J connectivity index is 1.68. The molecule has 0 unspecified atom stereocenters. The molecule has 1 N–H and O–H groups in total. The summed E-state index contributed by atoms with van der Waals surface area (Å²) in [6.45, 7) is 0. The first kappa shape index (κ1) is 17.2. The quantitative estimate of drug-likeness (QED) is 0.681. The minimum Gasteiger partial charge on any atom is -0.493 e. The number of methoxy groups -OCH3 is 2. The van der Waals surface area contributed by atoms with Crippen molar-refractivity contribution in [3.63, 3.8) is 0 Å². The molecule has 0 aliphatic heterocycles. The van der Waals surface area contributed by atoms with Gasteiger partial charge in [0.15, 0.2) is 16.6 Å². The lowest BCUT2D eigenvalue weighted by Crippen LogP contribution is -2.21. The summed E-state index contributed by atoms with van der Waals surface area (Å²) in [6.07, 6.45) is 8.63. The van der Waals surface area contributed by atoms with Gasteiger partial charge < -0.3 is 19.4 Å². The van der Waals surface area contributed by atoms with Crippen LogP contribution in [0, 0.1) is 0 Å². The number of fused-ring (bicyclic) bond motifs is 1. The third-order valence-electron chi connectivity index (χ3n) is 5.21. The van der Waals surface area contributed by atoms with Gasteiger partial charge in [0.2, 0.25) is 0 Å². The van der Waals surface area contributed by atoms with Crippen molar-refractivity contribution >= 4 is 27.4 Å². The molecule has 1 fully saturated rings. The summed E-state index contributed by atoms with van der Waals surface area (Å²) in [5, 5.41) is 7.90. The molecule has 0 bridgehead atoms. The van der Waals surface area contributed by atoms with Crippen molar-refractivity contribution in [2.45, 2.75) is 38.1 Å². The van der Waals surface area contributed by atoms with Crippen LogP contribution in [0.2, 0.25) is 0 Å². The number of benzene rings is 1. The van der Waals surface area contributed by atoms with Gasteiger partial charge in [-0.25, -0.2) is 4.98 Å². The van der Waals surface area contributed by atoms with Crippen LogP contribution < -0.4 is 14.8 Å². The van der Waals surface area contributed by atoms with Gasteiger partial charge in [-0.1, -0.05) is 19.3 Å². The number of aryl methyl sites for hydroxylation is 1. The van der Waals surface area contributed by atoms with E-state index in [1.165, 1.54) is 32.1 Å². The number of aromatic nitrogens is 2. The number of anilines is 1. The van der Waals surface area contributed by atoms with E-state index >= 15 is 0 Å². The van der Waals surface area contributed by atoms with Crippen molar-refractivity contribution in [1.82, 2.24) is 9.55 Å². The fraction of sp³-hybridized carbons (Fsp3) is 0.450. The maximum Gasteiger partial charge on any atom is 0.183 e. The normalized spacial score (nSPS) is 15.3. The zero-order valence-corrected chi connectivity index (χ0v) is 16.4. The van der Waals surface area contributed by atoms with Crippen LogP contribution in [0.25, 0.3) is 22.2 Å². The summed E-state index contributed by atoms with van der Waals surface area (Å²) < 4.78 is 13.0. The van der Waals surface area contributed by atoms with E-state index in [1.807, 2.05) is 19.2 Å². The van der Waals surface area contributed by atoms with Crippen molar-refractivity contribution in [3.8, 4) is 22.8 Å². The summed E-state index contributed by atoms with van der Waals surface area (Å²) in [7, 11) is 5.38. The molecule has 0 atom stereocenters. The number of rotatable bonds is 5. The second-order valence-electron chi connectivity index (χ2n) is 6.90. The number of hydrogen-bond acceptors (Lipinski definition) is 5. The number of thiazole rings is 1. The van der Waals surface area contributed by atoms with Gasteiger partial charge in [-0.3, -0.25) is 0 Å². The highest BCUT2D eigenvalue weighted by atomic mass is 32.1. The summed E-state index contributed by atoms with van der Waals surface area (Å²) >= 11 is 1.69. The standard InChI is InChI=1S/C20H25N3O2S/c1-23-11-15(14-9-18(24-2)19(25-3)10-17(14)23)16-12-26-20(22-16)21-13-7-5-4-6-8-13/h9-13H,4-8H2,1-3H3,(H,21,22). The molecule has 138 valence electrons. The van der Waals surface area contributed by atoms with Crippen LogP contribution in [0.1, 0.15) is 32.1 Å². The summed E-state index contributed by atoms with van der Waals surface area (Å²) in [4.78, 5) is 4.86. The lowest BCUT2D eigenvalue weighted by molar-refractivity contribution is 0.355. The zero-order valence-electron chi connectivity index (χ0n) is 15.5. The number of hydrogen-bond donors (Lipinski definition) is 1. The van der Waals surface area contributed by atoms with Crippen LogP contribution in [0.15, 0.2) is 23.7 Å². The molecular weight excluding hydrogens is 346 g/mol. The molecule has 3 aromatic rings. The van der Waals surface area contributed by atoms with Gasteiger partial charge in [0.05, 0.1) is 25.4 Å². The first-order valence-electron chi connectivity index (χ1n) is 9.13. The van der Waals surface area contributed by atoms with Crippen molar-refractivity contribution in [3.05, 3.63) is 23.7 Å². The minimum atomic E-state index is 0.569. The smallest absolute Gasteiger partial charge is 0.183 e. The first-order chi connectivity index (χ1) is 12.7. The second kappa shape index (κ2) is 7.19. The average molecular weight is 372 g/mol. The molecule has 1 aromatic carbocycles. The zero-order chi connectivity index (χ0) is 18.1. The Kier molecular flexibility index (Phi) is 4.76. The Morgan fingerprint density at radius 1 is 1.12 bits per heavy atom. The van der Waals surface area contributed by atoms with E-state index in [4.69, 9.17) is 14.5 Å². The van der Waals surface area contributed by atoms with Gasteiger partial charge in [-0.15, -0.1) is 11.3 Å². The van der Waals surface area contributed by atoms with Crippen LogP contribution in [-0.4, -0.2) is 29.8 Å². The molecule has 0 radical (unpaired) electrons. The van der Waals surface area contributed by atoms with E-state index in [9.17, 15) is 0 Å². The Morgan fingerprint density at radius 3 is 2.58 bits per heavy atom. The fourth-order valence-corrected chi connectivity index (χ4v) is 4.59. The molecule has 26 heavy (non-hydrogen) atoms. The Hall–Kier alpha value is -2.21. The third kappa shape index (κ3) is 3.14. The van der Waals surface area contributed by atoms with Gasteiger partial charge in [-0.2, -0.15) is 0 Å². The molecule has 2 aromatic heterocycles. The molecule has 1 aliphatic rings. The molecule has 0 amide bonds. The first-order valence-corrected chi connectivity index (χ1v) is 10.0. The Labute approximate surface area is 158 Å². The molecule has 4 rings (SSSR count). The Morgan fingerprint density at radius 2 is 1.85 bits per heavy atom. The van der Waals surface area contributed by atoms with E-state index < -0.39 is 0 Å². The second-order valence-corrected chi connectivity index (χ2v) is 7.75. The number of ether oxygens (including phenoxy) is 2. The van der Waals surface area contributed by atoms with E-state index in [-0.39, 0.29) is 0 Å². The number of nitrogens with zero attached hydrogens (tertiary/aromatic N) is 2. The topological polar surface area (TPSA) is 48.3 Å². The SMILES string of the molecule is COc1cc2c(-c3csc(NC4CCCCC4)n3)cn(C)c2cc1OC. The highest BCUT2D eigenvalue weighted by Gasteiger charge is 2.18. The predicted molar refractivity (Wildman–Crippen MR) is 108 cm³/mol. The highest BCUT2D eigenvalue weighted by molar-refractivity contribution is 7.14. The van der Waals surface area contributed by atoms with Crippen molar-refractivity contribution in [2.75, 3.05) is 19.5 Å². The van der Waals surface area contributed by atoms with Crippen LogP contribution in [0.4, 0.5) is 5.13 Å². The monoisotopic (exact) mass is 371 g/mol. The maximum atomic E-state index is 5.49.